The molecule has 0 aromatic heterocycles. The van der Waals surface area contributed by atoms with Crippen molar-refractivity contribution in [1.29, 1.82) is 0 Å². The number of sulfone groups is 1. The number of nitrogens with zero attached hydrogens (tertiary/aromatic N) is 1. The fraction of sp³-hybridized carbons (Fsp3) is 0.818. The summed E-state index contributed by atoms with van der Waals surface area (Å²) < 4.78 is 22.1. The molecule has 8 nitrogen and oxygen atoms in total. The van der Waals surface area contributed by atoms with Gasteiger partial charge in [-0.2, -0.15) is 0 Å². The first-order chi connectivity index (χ1) is 9.23. The minimum Gasteiger partial charge on any atom is -0.480 e. The zero-order valence-corrected chi connectivity index (χ0v) is 12.1. The fourth-order valence-electron chi connectivity index (χ4n) is 2.00. The van der Waals surface area contributed by atoms with Crippen LogP contribution < -0.4 is 5.32 Å². The van der Waals surface area contributed by atoms with Crippen LogP contribution in [0.25, 0.3) is 0 Å². The Bertz CT molecular complexity index is 464. The minimum absolute atomic E-state index is 0.0137. The number of aliphatic carboxylic acids is 1. The summed E-state index contributed by atoms with van der Waals surface area (Å²) in [5.41, 5.74) is 0. The second-order valence-corrected chi connectivity index (χ2v) is 7.30. The highest BCUT2D eigenvalue weighted by atomic mass is 32.2. The second kappa shape index (κ2) is 6.89. The van der Waals surface area contributed by atoms with Crippen LogP contribution in [0.5, 0.6) is 0 Å². The number of hydrogen-bond acceptors (Lipinski definition) is 5. The average Bonchev–Trinajstić information content (AvgIpc) is 2.81. The van der Waals surface area contributed by atoms with E-state index in [4.69, 9.17) is 10.2 Å². The number of carboxylic acid groups (broad SMARTS) is 1. The molecule has 0 bridgehead atoms. The van der Waals surface area contributed by atoms with Crippen LogP contribution in [-0.4, -0.2) is 73.3 Å². The monoisotopic (exact) mass is 308 g/mol. The molecule has 1 aliphatic rings. The third-order valence-corrected chi connectivity index (χ3v) is 4.18. The zero-order chi connectivity index (χ0) is 15.3. The molecule has 2 unspecified atom stereocenters. The Balaban J connectivity index is 2.53. The van der Waals surface area contributed by atoms with Crippen LogP contribution in [0.4, 0.5) is 4.79 Å². The van der Waals surface area contributed by atoms with Crippen molar-refractivity contribution in [1.82, 2.24) is 10.2 Å². The number of aliphatic hydroxyl groups is 1. The molecule has 20 heavy (non-hydrogen) atoms. The van der Waals surface area contributed by atoms with Crippen molar-refractivity contribution in [2.24, 2.45) is 5.92 Å². The number of carbonyl (C=O) groups excluding carboxylic acids is 1. The number of aliphatic hydroxyl groups excluding tert-OH is 1. The molecule has 0 aromatic carbocycles. The summed E-state index contributed by atoms with van der Waals surface area (Å²) >= 11 is 0. The smallest absolute Gasteiger partial charge is 0.326 e. The summed E-state index contributed by atoms with van der Waals surface area (Å²) in [6.45, 7) is 0.816. The highest BCUT2D eigenvalue weighted by Crippen LogP contribution is 2.15. The van der Waals surface area contributed by atoms with E-state index in [1.165, 1.54) is 4.90 Å². The number of carboxylic acids is 1. The number of hydrogen-bond donors (Lipinski definition) is 3. The zero-order valence-electron chi connectivity index (χ0n) is 11.3. The Hall–Kier alpha value is -1.35. The van der Waals surface area contributed by atoms with Gasteiger partial charge in [0.15, 0.2) is 0 Å². The molecule has 1 saturated heterocycles. The lowest BCUT2D eigenvalue weighted by atomic mass is 10.1. The molecule has 0 spiro atoms. The average molecular weight is 308 g/mol. The second-order valence-electron chi connectivity index (χ2n) is 5.04. The summed E-state index contributed by atoms with van der Waals surface area (Å²) in [5.74, 6) is -1.55. The molecule has 0 aliphatic carbocycles. The predicted octanol–water partition coefficient (Wildman–Crippen LogP) is -1.10. The van der Waals surface area contributed by atoms with Crippen LogP contribution >= 0.6 is 0 Å². The van der Waals surface area contributed by atoms with Crippen molar-refractivity contribution in [3.63, 3.8) is 0 Å². The molecule has 1 rings (SSSR count). The number of rotatable bonds is 6. The van der Waals surface area contributed by atoms with Crippen molar-refractivity contribution < 1.29 is 28.2 Å². The molecule has 116 valence electrons. The summed E-state index contributed by atoms with van der Waals surface area (Å²) in [4.78, 5) is 24.3. The van der Waals surface area contributed by atoms with E-state index in [9.17, 15) is 18.0 Å². The van der Waals surface area contributed by atoms with Gasteiger partial charge in [-0.3, -0.25) is 0 Å². The fourth-order valence-corrected chi connectivity index (χ4v) is 2.66. The van der Waals surface area contributed by atoms with Crippen molar-refractivity contribution >= 4 is 21.8 Å². The quantitative estimate of drug-likeness (QED) is 0.572. The van der Waals surface area contributed by atoms with Crippen LogP contribution in [0.3, 0.4) is 0 Å². The summed E-state index contributed by atoms with van der Waals surface area (Å²) in [7, 11) is -3.28. The van der Waals surface area contributed by atoms with E-state index in [0.29, 0.717) is 19.5 Å². The van der Waals surface area contributed by atoms with Gasteiger partial charge in [-0.05, 0) is 12.8 Å². The van der Waals surface area contributed by atoms with Gasteiger partial charge in [0.05, 0.1) is 5.75 Å². The predicted molar refractivity (Wildman–Crippen MR) is 71.0 cm³/mol. The Labute approximate surface area is 117 Å². The Kier molecular flexibility index (Phi) is 5.75. The first-order valence-electron chi connectivity index (χ1n) is 6.29. The maximum atomic E-state index is 11.9. The summed E-state index contributed by atoms with van der Waals surface area (Å²) in [6, 6.07) is -1.77. The molecular formula is C11H20N2O6S. The molecule has 2 amide bonds. The van der Waals surface area contributed by atoms with Crippen LogP contribution in [-0.2, 0) is 14.6 Å². The number of nitrogens with one attached hydrogen (secondary N) is 1. The van der Waals surface area contributed by atoms with Gasteiger partial charge in [0, 0.05) is 31.9 Å². The summed E-state index contributed by atoms with van der Waals surface area (Å²) in [6.07, 6.45) is 1.52. The van der Waals surface area contributed by atoms with E-state index in [-0.39, 0.29) is 24.7 Å². The number of likely N-dealkylation sites (tertiary alicyclic amines) is 1. The lowest BCUT2D eigenvalue weighted by molar-refractivity contribution is -0.139. The number of amides is 2. The van der Waals surface area contributed by atoms with Gasteiger partial charge in [-0.15, -0.1) is 0 Å². The molecule has 1 heterocycles. The van der Waals surface area contributed by atoms with Crippen molar-refractivity contribution in [3.8, 4) is 0 Å². The van der Waals surface area contributed by atoms with Gasteiger partial charge in [0.25, 0.3) is 0 Å². The van der Waals surface area contributed by atoms with E-state index < -0.39 is 27.9 Å². The molecule has 1 fully saturated rings. The third-order valence-electron chi connectivity index (χ3n) is 3.20. The first-order valence-corrected chi connectivity index (χ1v) is 8.36. The Morgan fingerprint density at radius 3 is 2.55 bits per heavy atom. The highest BCUT2D eigenvalue weighted by Gasteiger charge is 2.29. The minimum atomic E-state index is -3.28. The van der Waals surface area contributed by atoms with E-state index in [0.717, 1.165) is 6.26 Å². The van der Waals surface area contributed by atoms with Crippen molar-refractivity contribution in [3.05, 3.63) is 0 Å². The third kappa shape index (κ3) is 5.33. The maximum Gasteiger partial charge on any atom is 0.326 e. The van der Waals surface area contributed by atoms with Gasteiger partial charge < -0.3 is 20.4 Å². The normalized spacial score (nSPS) is 20.7. The lowest BCUT2D eigenvalue weighted by Crippen LogP contribution is -2.48. The van der Waals surface area contributed by atoms with Gasteiger partial charge in [0.1, 0.15) is 15.9 Å². The Morgan fingerprint density at radius 2 is 2.10 bits per heavy atom. The van der Waals surface area contributed by atoms with Crippen molar-refractivity contribution in [2.75, 3.05) is 31.7 Å². The number of carbonyl (C=O) groups is 2. The molecular weight excluding hydrogens is 288 g/mol. The standard InChI is InChI=1S/C11H20N2O6S/c1-20(18,19)5-3-9(10(15)16)12-11(17)13-4-2-8(6-13)7-14/h8-9,14H,2-7H2,1H3,(H,12,17)(H,15,16). The van der Waals surface area contributed by atoms with Gasteiger partial charge >= 0.3 is 12.0 Å². The summed E-state index contributed by atoms with van der Waals surface area (Å²) in [5, 5.41) is 20.3. The topological polar surface area (TPSA) is 124 Å². The van der Waals surface area contributed by atoms with Gasteiger partial charge in [-0.1, -0.05) is 0 Å². The van der Waals surface area contributed by atoms with E-state index in [1.807, 2.05) is 0 Å². The van der Waals surface area contributed by atoms with Gasteiger partial charge in [0.2, 0.25) is 0 Å². The molecule has 0 saturated carbocycles. The molecule has 1 aliphatic heterocycles. The van der Waals surface area contributed by atoms with Crippen LogP contribution in [0.1, 0.15) is 12.8 Å². The SMILES string of the molecule is CS(=O)(=O)CCC(NC(=O)N1CCC(CO)C1)C(=O)O. The highest BCUT2D eigenvalue weighted by molar-refractivity contribution is 7.90. The van der Waals surface area contributed by atoms with Crippen LogP contribution in [0.2, 0.25) is 0 Å². The Morgan fingerprint density at radius 1 is 1.45 bits per heavy atom. The largest absolute Gasteiger partial charge is 0.480 e. The maximum absolute atomic E-state index is 11.9. The molecule has 2 atom stereocenters. The van der Waals surface area contributed by atoms with Crippen LogP contribution in [0, 0.1) is 5.92 Å². The van der Waals surface area contributed by atoms with E-state index >= 15 is 0 Å². The molecule has 0 aromatic rings. The molecule has 3 N–H and O–H groups in total. The molecule has 0 radical (unpaired) electrons. The van der Waals surface area contributed by atoms with Crippen molar-refractivity contribution in [2.45, 2.75) is 18.9 Å². The van der Waals surface area contributed by atoms with E-state index in [1.54, 1.807) is 0 Å². The lowest BCUT2D eigenvalue weighted by Gasteiger charge is -2.20. The van der Waals surface area contributed by atoms with Gasteiger partial charge in [-0.25, -0.2) is 18.0 Å². The molecule has 9 heteroatoms. The van der Waals surface area contributed by atoms with Crippen LogP contribution in [0.15, 0.2) is 0 Å². The first kappa shape index (κ1) is 16.7. The van der Waals surface area contributed by atoms with E-state index in [2.05, 4.69) is 5.32 Å². The number of urea groups is 1.